The van der Waals surface area contributed by atoms with Crippen molar-refractivity contribution in [3.8, 4) is 11.5 Å². The van der Waals surface area contributed by atoms with Crippen LogP contribution in [0.3, 0.4) is 0 Å². The Hall–Kier alpha value is -2.48. The van der Waals surface area contributed by atoms with Crippen LogP contribution in [0.25, 0.3) is 0 Å². The van der Waals surface area contributed by atoms with Gasteiger partial charge in [-0.25, -0.2) is 9.59 Å². The van der Waals surface area contributed by atoms with E-state index in [1.165, 1.54) is 48.5 Å². The second kappa shape index (κ2) is 12.8. The van der Waals surface area contributed by atoms with Crippen molar-refractivity contribution in [1.29, 1.82) is 0 Å². The molecule has 0 saturated heterocycles. The Balaban J connectivity index is 0.000000411. The number of hydrogen-bond donors (Lipinski definition) is 0. The van der Waals surface area contributed by atoms with Gasteiger partial charge in [-0.15, -0.1) is 0 Å². The minimum absolute atomic E-state index is 0.0671. The van der Waals surface area contributed by atoms with E-state index >= 15 is 0 Å². The first-order valence-electron chi connectivity index (χ1n) is 8.00. The third kappa shape index (κ3) is 12.7. The SMILES string of the molecule is O=C(OC(Cl)(Cl)Cl)OC(Cl)(Cl)Cl.O=C(Oc1ccc([N+](=O)[O-])cc1)Oc1ccc([N+](=O)[O-])cc1. The number of nitro groups is 2. The van der Waals surface area contributed by atoms with Crippen molar-refractivity contribution in [2.24, 2.45) is 0 Å². The van der Waals surface area contributed by atoms with E-state index in [0.717, 1.165) is 0 Å². The van der Waals surface area contributed by atoms with Crippen LogP contribution in [0.5, 0.6) is 11.5 Å². The fourth-order valence-corrected chi connectivity index (χ4v) is 2.07. The molecule has 12 nitrogen and oxygen atoms in total. The number of carbonyl (C=O) groups is 2. The minimum atomic E-state index is -2.24. The van der Waals surface area contributed by atoms with Crippen molar-refractivity contribution in [1.82, 2.24) is 0 Å². The Kier molecular flexibility index (Phi) is 11.2. The van der Waals surface area contributed by atoms with Crippen LogP contribution >= 0.6 is 69.6 Å². The smallest absolute Gasteiger partial charge is 0.395 e. The number of nitrogens with zero attached hydrogens (tertiary/aromatic N) is 2. The third-order valence-corrected chi connectivity index (χ3v) is 3.36. The maximum atomic E-state index is 11.5. The van der Waals surface area contributed by atoms with Crippen LogP contribution in [-0.4, -0.2) is 30.1 Å². The Morgan fingerprint density at radius 1 is 0.618 bits per heavy atom. The summed E-state index contributed by atoms with van der Waals surface area (Å²) in [6.45, 7) is 0. The number of rotatable bonds is 4. The second-order valence-corrected chi connectivity index (χ2v) is 9.66. The number of carbonyl (C=O) groups excluding carboxylic acids is 2. The van der Waals surface area contributed by atoms with E-state index in [1.54, 1.807) is 0 Å². The monoisotopic (exact) mass is 598 g/mol. The van der Waals surface area contributed by atoms with Gasteiger partial charge in [0.2, 0.25) is 0 Å². The van der Waals surface area contributed by atoms with Crippen LogP contribution < -0.4 is 9.47 Å². The van der Waals surface area contributed by atoms with Crippen LogP contribution in [0, 0.1) is 20.2 Å². The van der Waals surface area contributed by atoms with Gasteiger partial charge in [-0.2, -0.15) is 0 Å². The normalized spacial score (nSPS) is 10.8. The van der Waals surface area contributed by atoms with Gasteiger partial charge in [-0.05, 0) is 93.9 Å². The lowest BCUT2D eigenvalue weighted by Crippen LogP contribution is -2.22. The van der Waals surface area contributed by atoms with Crippen molar-refractivity contribution in [3.05, 3.63) is 68.8 Å². The van der Waals surface area contributed by atoms with Gasteiger partial charge < -0.3 is 18.9 Å². The Labute approximate surface area is 219 Å². The van der Waals surface area contributed by atoms with Gasteiger partial charge >= 0.3 is 20.3 Å². The molecule has 0 fully saturated rings. The van der Waals surface area contributed by atoms with Gasteiger partial charge in [0.25, 0.3) is 11.4 Å². The highest BCUT2D eigenvalue weighted by Crippen LogP contribution is 2.32. The van der Waals surface area contributed by atoms with Crippen LogP contribution in [0.15, 0.2) is 48.5 Å². The molecule has 0 unspecified atom stereocenters. The van der Waals surface area contributed by atoms with Crippen LogP contribution in [0.1, 0.15) is 0 Å². The maximum Gasteiger partial charge on any atom is 0.519 e. The Morgan fingerprint density at radius 2 is 0.912 bits per heavy atom. The lowest BCUT2D eigenvalue weighted by Gasteiger charge is -2.15. The van der Waals surface area contributed by atoms with Gasteiger partial charge in [0, 0.05) is 24.3 Å². The summed E-state index contributed by atoms with van der Waals surface area (Å²) < 4.78 is 13.1. The van der Waals surface area contributed by atoms with Gasteiger partial charge in [0.15, 0.2) is 0 Å². The molecule has 0 heterocycles. The van der Waals surface area contributed by atoms with E-state index in [2.05, 4.69) is 9.47 Å². The van der Waals surface area contributed by atoms with Crippen LogP contribution in [-0.2, 0) is 9.47 Å². The molecular weight excluding hydrogens is 593 g/mol. The van der Waals surface area contributed by atoms with Gasteiger partial charge in [0.1, 0.15) is 11.5 Å². The topological polar surface area (TPSA) is 157 Å². The third-order valence-electron chi connectivity index (χ3n) is 2.90. The van der Waals surface area contributed by atoms with Crippen LogP contribution in [0.4, 0.5) is 21.0 Å². The predicted octanol–water partition coefficient (Wildman–Crippen LogP) is 6.88. The zero-order chi connectivity index (χ0) is 26.1. The summed E-state index contributed by atoms with van der Waals surface area (Å²) >= 11 is 30.2. The average Bonchev–Trinajstić information content (AvgIpc) is 2.66. The molecule has 18 heteroatoms. The van der Waals surface area contributed by atoms with E-state index in [-0.39, 0.29) is 22.9 Å². The first kappa shape index (κ1) is 29.6. The van der Waals surface area contributed by atoms with E-state index in [0.29, 0.717) is 0 Å². The van der Waals surface area contributed by atoms with Crippen molar-refractivity contribution in [3.63, 3.8) is 0 Å². The number of nitro benzene ring substituents is 2. The molecule has 184 valence electrons. The molecule has 0 bridgehead atoms. The van der Waals surface area contributed by atoms with Gasteiger partial charge in [-0.3, -0.25) is 20.2 Å². The molecule has 2 aromatic rings. The highest BCUT2D eigenvalue weighted by Gasteiger charge is 2.32. The first-order valence-corrected chi connectivity index (χ1v) is 10.3. The zero-order valence-corrected chi connectivity index (χ0v) is 20.4. The molecular formula is C16H8Cl6N2O10. The number of benzene rings is 2. The summed E-state index contributed by atoms with van der Waals surface area (Å²) in [6.07, 6.45) is -2.47. The lowest BCUT2D eigenvalue weighted by atomic mass is 10.3. The van der Waals surface area contributed by atoms with Crippen LogP contribution in [0.2, 0.25) is 0 Å². The van der Waals surface area contributed by atoms with Crippen molar-refractivity contribution < 1.29 is 38.4 Å². The highest BCUT2D eigenvalue weighted by molar-refractivity contribution is 6.67. The van der Waals surface area contributed by atoms with E-state index < -0.39 is 30.1 Å². The number of hydrogen-bond acceptors (Lipinski definition) is 10. The van der Waals surface area contributed by atoms with Crippen molar-refractivity contribution >= 4 is 93.3 Å². The predicted molar refractivity (Wildman–Crippen MR) is 121 cm³/mol. The van der Waals surface area contributed by atoms with Gasteiger partial charge in [0.05, 0.1) is 9.85 Å². The summed E-state index contributed by atoms with van der Waals surface area (Å²) in [6, 6.07) is 9.68. The Bertz CT molecular complexity index is 943. The number of non-ortho nitro benzene ring substituents is 2. The van der Waals surface area contributed by atoms with E-state index in [1.807, 2.05) is 0 Å². The molecule has 2 aromatic carbocycles. The molecule has 34 heavy (non-hydrogen) atoms. The summed E-state index contributed by atoms with van der Waals surface area (Å²) in [5.41, 5.74) is -0.285. The standard InChI is InChI=1S/C13H8N2O7.C3Cl6O3/c16-13(21-11-5-1-9(2-6-11)14(17)18)22-12-7-3-10(4-8-12)15(19)20;4-2(5,6)11-1(10)12-3(7,8)9/h1-8H;. The number of halogens is 6. The lowest BCUT2D eigenvalue weighted by molar-refractivity contribution is -0.385. The average molecular weight is 601 g/mol. The molecule has 0 aliphatic rings. The summed E-state index contributed by atoms with van der Waals surface area (Å²) in [5.74, 6) is 0.134. The Morgan fingerprint density at radius 3 is 1.15 bits per heavy atom. The van der Waals surface area contributed by atoms with E-state index in [9.17, 15) is 29.8 Å². The van der Waals surface area contributed by atoms with Crippen molar-refractivity contribution in [2.45, 2.75) is 7.96 Å². The van der Waals surface area contributed by atoms with Crippen molar-refractivity contribution in [2.75, 3.05) is 0 Å². The van der Waals surface area contributed by atoms with E-state index in [4.69, 9.17) is 79.1 Å². The summed E-state index contributed by atoms with van der Waals surface area (Å²) in [4.78, 5) is 41.8. The maximum absolute atomic E-state index is 11.5. The minimum Gasteiger partial charge on any atom is -0.395 e. The molecule has 2 rings (SSSR count). The fourth-order valence-electron chi connectivity index (χ4n) is 1.69. The summed E-state index contributed by atoms with van der Waals surface area (Å²) in [7, 11) is 0. The molecule has 0 radical (unpaired) electrons. The first-order chi connectivity index (χ1) is 15.6. The molecule has 0 amide bonds. The van der Waals surface area contributed by atoms with Gasteiger partial charge in [-0.1, -0.05) is 0 Å². The fraction of sp³-hybridized carbons (Fsp3) is 0.125. The molecule has 0 atom stereocenters. The molecule has 0 aliphatic heterocycles. The molecule has 0 aromatic heterocycles. The number of ether oxygens (including phenoxy) is 4. The zero-order valence-electron chi connectivity index (χ0n) is 15.9. The number of alkyl halides is 6. The molecule has 0 N–H and O–H groups in total. The molecule has 0 saturated carbocycles. The molecule has 0 aliphatic carbocycles. The highest BCUT2D eigenvalue weighted by atomic mass is 35.6. The second-order valence-electron chi connectivity index (χ2n) is 5.30. The quantitative estimate of drug-likeness (QED) is 0.119. The summed E-state index contributed by atoms with van der Waals surface area (Å²) in [5, 5.41) is 21.0. The molecule has 0 spiro atoms. The largest absolute Gasteiger partial charge is 0.519 e.